The molecule has 1 N–H and O–H groups in total. The summed E-state index contributed by atoms with van der Waals surface area (Å²) in [5.74, 6) is -0.121. The maximum absolute atomic E-state index is 13.2. The Hall–Kier alpha value is -1.16. The van der Waals surface area contributed by atoms with Crippen LogP contribution in [0.3, 0.4) is 0 Å². The lowest BCUT2D eigenvalue weighted by atomic mass is 9.76. The summed E-state index contributed by atoms with van der Waals surface area (Å²) in [4.78, 5) is -0.745. The monoisotopic (exact) mass is 365 g/mol. The van der Waals surface area contributed by atoms with Gasteiger partial charge in [-0.25, -0.2) is 8.42 Å². The van der Waals surface area contributed by atoms with E-state index >= 15 is 0 Å². The molecule has 2 aliphatic rings. The van der Waals surface area contributed by atoms with Crippen LogP contribution in [0.4, 0.5) is 13.2 Å². The molecular weight excluding hydrogens is 347 g/mol. The van der Waals surface area contributed by atoms with Gasteiger partial charge in [-0.3, -0.25) is 0 Å². The van der Waals surface area contributed by atoms with E-state index in [1.54, 1.807) is 0 Å². The second kappa shape index (κ2) is 5.98. The number of alkyl halides is 3. The molecule has 0 saturated carbocycles. The number of fused-ring (bicyclic) bond motifs is 1. The zero-order valence-electron chi connectivity index (χ0n) is 12.8. The number of benzene rings is 1. The number of sulfonamides is 1. The minimum Gasteiger partial charge on any atom is -0.396 e. The molecule has 0 radical (unpaired) electrons. The van der Waals surface area contributed by atoms with Crippen molar-refractivity contribution in [3.63, 3.8) is 0 Å². The summed E-state index contributed by atoms with van der Waals surface area (Å²) in [6, 6.07) is 4.17. The highest BCUT2D eigenvalue weighted by molar-refractivity contribution is 7.89. The van der Waals surface area contributed by atoms with E-state index < -0.39 is 32.1 Å². The van der Waals surface area contributed by atoms with Crippen LogP contribution in [0.25, 0.3) is 0 Å². The third kappa shape index (κ3) is 2.83. The van der Waals surface area contributed by atoms with Crippen molar-refractivity contribution in [3.8, 4) is 0 Å². The fraction of sp³-hybridized carbons (Fsp3) is 0.600. The van der Waals surface area contributed by atoms with Crippen LogP contribution in [0, 0.1) is 11.3 Å². The highest BCUT2D eigenvalue weighted by Gasteiger charge is 2.52. The van der Waals surface area contributed by atoms with Gasteiger partial charge in [-0.1, -0.05) is 12.1 Å². The summed E-state index contributed by atoms with van der Waals surface area (Å²) in [5.41, 5.74) is -1.91. The van der Waals surface area contributed by atoms with E-state index in [1.807, 2.05) is 0 Å². The Morgan fingerprint density at radius 3 is 2.67 bits per heavy atom. The van der Waals surface area contributed by atoms with Crippen LogP contribution in [0.15, 0.2) is 29.2 Å². The van der Waals surface area contributed by atoms with Crippen molar-refractivity contribution in [1.29, 1.82) is 0 Å². The van der Waals surface area contributed by atoms with Gasteiger partial charge in [0.2, 0.25) is 10.0 Å². The van der Waals surface area contributed by atoms with Crippen molar-refractivity contribution in [2.75, 3.05) is 32.9 Å². The van der Waals surface area contributed by atoms with Crippen LogP contribution in [-0.2, 0) is 20.9 Å². The predicted octanol–water partition coefficient (Wildman–Crippen LogP) is 1.72. The first-order valence-corrected chi connectivity index (χ1v) is 9.00. The van der Waals surface area contributed by atoms with E-state index in [4.69, 9.17) is 4.74 Å². The van der Waals surface area contributed by atoms with Gasteiger partial charge in [-0.2, -0.15) is 17.5 Å². The van der Waals surface area contributed by atoms with E-state index in [0.717, 1.165) is 22.5 Å². The molecule has 2 fully saturated rings. The van der Waals surface area contributed by atoms with E-state index in [0.29, 0.717) is 13.0 Å². The molecule has 0 bridgehead atoms. The van der Waals surface area contributed by atoms with Gasteiger partial charge >= 0.3 is 6.18 Å². The molecule has 2 aliphatic heterocycles. The van der Waals surface area contributed by atoms with Crippen molar-refractivity contribution in [2.45, 2.75) is 17.5 Å². The van der Waals surface area contributed by atoms with Crippen LogP contribution < -0.4 is 0 Å². The first-order valence-electron chi connectivity index (χ1n) is 7.56. The number of rotatable bonds is 3. The van der Waals surface area contributed by atoms with E-state index in [9.17, 15) is 26.7 Å². The smallest absolute Gasteiger partial charge is 0.396 e. The number of hydrogen-bond acceptors (Lipinski definition) is 4. The molecule has 2 atom stereocenters. The molecule has 1 aromatic rings. The molecule has 24 heavy (non-hydrogen) atoms. The predicted molar refractivity (Wildman–Crippen MR) is 78.6 cm³/mol. The van der Waals surface area contributed by atoms with Crippen LogP contribution in [0.1, 0.15) is 12.0 Å². The Balaban J connectivity index is 1.99. The molecule has 0 amide bonds. The van der Waals surface area contributed by atoms with Crippen molar-refractivity contribution in [2.24, 2.45) is 11.3 Å². The van der Waals surface area contributed by atoms with E-state index in [2.05, 4.69) is 0 Å². The highest BCUT2D eigenvalue weighted by atomic mass is 32.2. The summed E-state index contributed by atoms with van der Waals surface area (Å²) in [5, 5.41) is 9.71. The lowest BCUT2D eigenvalue weighted by Gasteiger charge is -2.36. The van der Waals surface area contributed by atoms with E-state index in [1.165, 1.54) is 6.07 Å². The van der Waals surface area contributed by atoms with Gasteiger partial charge < -0.3 is 9.84 Å². The Bertz CT molecular complexity index is 722. The van der Waals surface area contributed by atoms with Crippen LogP contribution in [0.5, 0.6) is 0 Å². The average Bonchev–Trinajstić information content (AvgIpc) is 2.95. The van der Waals surface area contributed by atoms with Crippen molar-refractivity contribution < 1.29 is 31.4 Å². The molecule has 134 valence electrons. The van der Waals surface area contributed by atoms with Gasteiger partial charge in [0.1, 0.15) is 0 Å². The van der Waals surface area contributed by atoms with Gasteiger partial charge in [0, 0.05) is 25.1 Å². The van der Waals surface area contributed by atoms with Gasteiger partial charge in [0.15, 0.2) is 0 Å². The Morgan fingerprint density at radius 1 is 1.33 bits per heavy atom. The molecule has 9 heteroatoms. The largest absolute Gasteiger partial charge is 0.417 e. The van der Waals surface area contributed by atoms with Gasteiger partial charge in [-0.15, -0.1) is 0 Å². The number of halogens is 3. The third-order valence-corrected chi connectivity index (χ3v) is 6.78. The third-order valence-electron chi connectivity index (χ3n) is 4.91. The summed E-state index contributed by atoms with van der Waals surface area (Å²) < 4.78 is 71.5. The number of nitrogens with zero attached hydrogens (tertiary/aromatic N) is 1. The van der Waals surface area contributed by atoms with E-state index in [-0.39, 0.29) is 32.2 Å². The summed E-state index contributed by atoms with van der Waals surface area (Å²) in [7, 11) is -4.31. The molecule has 0 unspecified atom stereocenters. The number of hydrogen-bond donors (Lipinski definition) is 1. The molecule has 0 spiro atoms. The molecular formula is C15H18F3NO4S. The SMILES string of the molecule is O=S(=O)(c1ccccc1C(F)(F)F)N1C[C@@H]2CCOC[C@]2(CO)C1. The van der Waals surface area contributed by atoms with Crippen LogP contribution >= 0.6 is 0 Å². The van der Waals surface area contributed by atoms with Gasteiger partial charge in [0.05, 0.1) is 23.7 Å². The molecule has 3 rings (SSSR count). The first kappa shape index (κ1) is 17.7. The number of aliphatic hydroxyl groups is 1. The van der Waals surface area contributed by atoms with Crippen molar-refractivity contribution in [3.05, 3.63) is 29.8 Å². The number of aliphatic hydroxyl groups excluding tert-OH is 1. The zero-order valence-corrected chi connectivity index (χ0v) is 13.6. The lowest BCUT2D eigenvalue weighted by Crippen LogP contribution is -2.43. The Labute approximate surface area is 138 Å². The quantitative estimate of drug-likeness (QED) is 0.886. The topological polar surface area (TPSA) is 66.8 Å². The fourth-order valence-corrected chi connectivity index (χ4v) is 5.31. The second-order valence-electron chi connectivity index (χ2n) is 6.35. The number of ether oxygens (including phenoxy) is 1. The Morgan fingerprint density at radius 2 is 2.04 bits per heavy atom. The molecule has 0 aromatic heterocycles. The minimum absolute atomic E-state index is 0.0390. The molecule has 2 heterocycles. The standard InChI is InChI=1S/C15H18F3NO4S/c16-15(17,18)12-3-1-2-4-13(12)24(21,22)19-7-11-5-6-23-10-14(11,8-19)9-20/h1-4,11,20H,5-10H2/t11-,14+/m0/s1. The molecule has 5 nitrogen and oxygen atoms in total. The van der Waals surface area contributed by atoms with Gasteiger partial charge in [-0.05, 0) is 24.5 Å². The summed E-state index contributed by atoms with van der Waals surface area (Å²) in [6.07, 6.45) is -4.18. The maximum atomic E-state index is 13.2. The summed E-state index contributed by atoms with van der Waals surface area (Å²) >= 11 is 0. The maximum Gasteiger partial charge on any atom is 0.417 e. The normalized spacial score (nSPS) is 28.8. The molecule has 2 saturated heterocycles. The minimum atomic E-state index is -4.76. The van der Waals surface area contributed by atoms with Crippen LogP contribution in [-0.4, -0.2) is 50.7 Å². The zero-order chi connectivity index (χ0) is 17.6. The highest BCUT2D eigenvalue weighted by Crippen LogP contribution is 2.44. The van der Waals surface area contributed by atoms with Crippen LogP contribution in [0.2, 0.25) is 0 Å². The average molecular weight is 365 g/mol. The van der Waals surface area contributed by atoms with Crippen molar-refractivity contribution in [1.82, 2.24) is 4.31 Å². The summed E-state index contributed by atoms with van der Waals surface area (Å²) in [6.45, 7) is 0.465. The Kier molecular flexibility index (Phi) is 4.40. The lowest BCUT2D eigenvalue weighted by molar-refractivity contribution is -0.139. The van der Waals surface area contributed by atoms with Gasteiger partial charge in [0.25, 0.3) is 0 Å². The fourth-order valence-electron chi connectivity index (χ4n) is 3.52. The first-order chi connectivity index (χ1) is 11.2. The van der Waals surface area contributed by atoms with Crippen molar-refractivity contribution >= 4 is 10.0 Å². The molecule has 1 aromatic carbocycles. The second-order valence-corrected chi connectivity index (χ2v) is 8.26. The molecule has 0 aliphatic carbocycles.